The first-order chi connectivity index (χ1) is 16.0. The number of alkyl halides is 3. The summed E-state index contributed by atoms with van der Waals surface area (Å²) in [6.07, 6.45) is -3.46. The summed E-state index contributed by atoms with van der Waals surface area (Å²) in [5.41, 5.74) is -0.640. The second-order valence-corrected chi connectivity index (χ2v) is 8.93. The average molecular weight is 482 g/mol. The third-order valence-corrected chi connectivity index (χ3v) is 5.65. The van der Waals surface area contributed by atoms with E-state index in [1.165, 1.54) is 24.3 Å². The number of carbonyl (C=O) groups excluding carboxylic acids is 2. The Bertz CT molecular complexity index is 990. The van der Waals surface area contributed by atoms with E-state index in [9.17, 15) is 27.9 Å². The molecule has 0 saturated carbocycles. The number of aliphatic hydroxyl groups excluding tert-OH is 1. The summed E-state index contributed by atoms with van der Waals surface area (Å²) in [6, 6.07) is 6.10. The van der Waals surface area contributed by atoms with E-state index in [4.69, 9.17) is 4.42 Å². The van der Waals surface area contributed by atoms with E-state index in [1.54, 1.807) is 0 Å². The predicted molar refractivity (Wildman–Crippen MR) is 120 cm³/mol. The number of hydrogen-bond donors (Lipinski definition) is 4. The summed E-state index contributed by atoms with van der Waals surface area (Å²) in [5.74, 6) is -0.975. The highest BCUT2D eigenvalue weighted by molar-refractivity contribution is 5.96. The lowest BCUT2D eigenvalue weighted by Gasteiger charge is -2.26. The summed E-state index contributed by atoms with van der Waals surface area (Å²) in [5, 5.41) is 18.9. The summed E-state index contributed by atoms with van der Waals surface area (Å²) < 4.78 is 44.5. The Morgan fingerprint density at radius 2 is 2.00 bits per heavy atom. The highest BCUT2D eigenvalue weighted by Crippen LogP contribution is 2.32. The molecule has 1 aromatic heterocycles. The Kier molecular flexibility index (Phi) is 8.37. The van der Waals surface area contributed by atoms with Crippen LogP contribution in [0.5, 0.6) is 0 Å². The molecule has 3 atom stereocenters. The molecule has 1 fully saturated rings. The highest BCUT2D eigenvalue weighted by atomic mass is 19.4. The van der Waals surface area contributed by atoms with Gasteiger partial charge in [-0.05, 0) is 56.0 Å². The minimum absolute atomic E-state index is 0.0917. The lowest BCUT2D eigenvalue weighted by Crippen LogP contribution is -2.53. The highest BCUT2D eigenvalue weighted by Gasteiger charge is 2.31. The summed E-state index contributed by atoms with van der Waals surface area (Å²) in [6.45, 7) is 4.95. The molecule has 0 bridgehead atoms. The van der Waals surface area contributed by atoms with Crippen molar-refractivity contribution in [2.24, 2.45) is 5.92 Å². The predicted octanol–water partition coefficient (Wildman–Crippen LogP) is 3.34. The molecule has 4 N–H and O–H groups in total. The maximum atomic E-state index is 13.0. The Morgan fingerprint density at radius 1 is 1.24 bits per heavy atom. The van der Waals surface area contributed by atoms with Crippen LogP contribution in [0, 0.1) is 5.92 Å². The standard InChI is InChI=1S/C24H30F3N3O4/c1-14(2)11-18(22(32)29-17-7-4-10-28-13-19(17)31)30-23(33)21-9-8-20(34-21)15-5-3-6-16(12-15)24(25,26)27/h3,5-6,8-9,12,14,17-19,28,31H,4,7,10-11,13H2,1-2H3,(H,29,32)(H,30,33)/t17?,18?,19-/m0/s1. The summed E-state index contributed by atoms with van der Waals surface area (Å²) >= 11 is 0. The summed E-state index contributed by atoms with van der Waals surface area (Å²) in [4.78, 5) is 25.7. The van der Waals surface area contributed by atoms with Crippen molar-refractivity contribution >= 4 is 11.8 Å². The van der Waals surface area contributed by atoms with Crippen molar-refractivity contribution in [3.05, 3.63) is 47.7 Å². The molecular formula is C24H30F3N3O4. The van der Waals surface area contributed by atoms with E-state index in [0.29, 0.717) is 19.4 Å². The van der Waals surface area contributed by atoms with Crippen LogP contribution < -0.4 is 16.0 Å². The molecule has 7 nitrogen and oxygen atoms in total. The van der Waals surface area contributed by atoms with E-state index in [2.05, 4.69) is 16.0 Å². The van der Waals surface area contributed by atoms with Gasteiger partial charge in [0.2, 0.25) is 5.91 Å². The first-order valence-corrected chi connectivity index (χ1v) is 11.3. The van der Waals surface area contributed by atoms with Crippen LogP contribution >= 0.6 is 0 Å². The van der Waals surface area contributed by atoms with Crippen LogP contribution in [0.15, 0.2) is 40.8 Å². The quantitative estimate of drug-likeness (QED) is 0.486. The molecule has 1 aliphatic heterocycles. The van der Waals surface area contributed by atoms with E-state index in [1.807, 2.05) is 13.8 Å². The number of furan rings is 1. The first kappa shape index (κ1) is 25.8. The van der Waals surface area contributed by atoms with Gasteiger partial charge in [-0.3, -0.25) is 9.59 Å². The fourth-order valence-electron chi connectivity index (χ4n) is 3.88. The van der Waals surface area contributed by atoms with Gasteiger partial charge in [-0.25, -0.2) is 0 Å². The van der Waals surface area contributed by atoms with E-state index >= 15 is 0 Å². The Hall–Kier alpha value is -2.85. The number of amides is 2. The number of aliphatic hydroxyl groups is 1. The molecule has 1 aliphatic rings. The van der Waals surface area contributed by atoms with Gasteiger partial charge in [0, 0.05) is 12.1 Å². The van der Waals surface area contributed by atoms with Crippen LogP contribution in [0.25, 0.3) is 11.3 Å². The second kappa shape index (κ2) is 11.1. The molecular weight excluding hydrogens is 451 g/mol. The molecule has 2 aromatic rings. The maximum absolute atomic E-state index is 13.0. The Balaban J connectivity index is 1.71. The van der Waals surface area contributed by atoms with Crippen LogP contribution in [-0.4, -0.2) is 48.2 Å². The molecule has 34 heavy (non-hydrogen) atoms. The zero-order valence-electron chi connectivity index (χ0n) is 19.1. The first-order valence-electron chi connectivity index (χ1n) is 11.3. The fourth-order valence-corrected chi connectivity index (χ4v) is 3.88. The molecule has 3 rings (SSSR count). The van der Waals surface area contributed by atoms with Gasteiger partial charge in [0.25, 0.3) is 5.91 Å². The monoisotopic (exact) mass is 481 g/mol. The normalized spacial score (nSPS) is 20.0. The molecule has 186 valence electrons. The number of carbonyl (C=O) groups is 2. The van der Waals surface area contributed by atoms with Crippen LogP contribution in [-0.2, 0) is 11.0 Å². The van der Waals surface area contributed by atoms with Gasteiger partial charge in [-0.15, -0.1) is 0 Å². The van der Waals surface area contributed by atoms with Crippen molar-refractivity contribution in [3.8, 4) is 11.3 Å². The molecule has 1 aromatic carbocycles. The van der Waals surface area contributed by atoms with Crippen molar-refractivity contribution in [1.29, 1.82) is 0 Å². The van der Waals surface area contributed by atoms with Gasteiger partial charge >= 0.3 is 6.18 Å². The van der Waals surface area contributed by atoms with E-state index in [-0.39, 0.29) is 23.0 Å². The number of β-amino-alcohol motifs (C(OH)–C–C–N with tert-alkyl or cyclic N) is 1. The largest absolute Gasteiger partial charge is 0.451 e. The third kappa shape index (κ3) is 6.83. The molecule has 2 amide bonds. The zero-order valence-corrected chi connectivity index (χ0v) is 19.1. The Morgan fingerprint density at radius 3 is 2.71 bits per heavy atom. The third-order valence-electron chi connectivity index (χ3n) is 5.65. The number of nitrogens with one attached hydrogen (secondary N) is 3. The number of rotatable bonds is 7. The lowest BCUT2D eigenvalue weighted by atomic mass is 10.0. The van der Waals surface area contributed by atoms with Crippen molar-refractivity contribution in [2.45, 2.75) is 57.5 Å². The molecule has 2 unspecified atom stereocenters. The number of hydrogen-bond acceptors (Lipinski definition) is 5. The minimum atomic E-state index is -4.50. The summed E-state index contributed by atoms with van der Waals surface area (Å²) in [7, 11) is 0. The number of halogens is 3. The van der Waals surface area contributed by atoms with Crippen molar-refractivity contribution in [2.75, 3.05) is 13.1 Å². The van der Waals surface area contributed by atoms with Gasteiger partial charge in [0.15, 0.2) is 5.76 Å². The van der Waals surface area contributed by atoms with Crippen LogP contribution in [0.3, 0.4) is 0 Å². The number of benzene rings is 1. The van der Waals surface area contributed by atoms with Gasteiger partial charge in [0.1, 0.15) is 11.8 Å². The molecule has 0 aliphatic carbocycles. The van der Waals surface area contributed by atoms with Gasteiger partial charge in [0.05, 0.1) is 17.7 Å². The van der Waals surface area contributed by atoms with Crippen LogP contribution in [0.4, 0.5) is 13.2 Å². The molecule has 10 heteroatoms. The molecule has 1 saturated heterocycles. The van der Waals surface area contributed by atoms with E-state index < -0.39 is 41.7 Å². The minimum Gasteiger partial charge on any atom is -0.451 e. The molecule has 2 heterocycles. The van der Waals surface area contributed by atoms with Crippen molar-refractivity contribution in [3.63, 3.8) is 0 Å². The SMILES string of the molecule is CC(C)CC(NC(=O)c1ccc(-c2cccc(C(F)(F)F)c2)o1)C(=O)NC1CCCNC[C@@H]1O. The van der Waals surface area contributed by atoms with Crippen molar-refractivity contribution < 1.29 is 32.3 Å². The second-order valence-electron chi connectivity index (χ2n) is 8.93. The topological polar surface area (TPSA) is 104 Å². The lowest BCUT2D eigenvalue weighted by molar-refractivity contribution is -0.137. The smallest absolute Gasteiger partial charge is 0.416 e. The average Bonchev–Trinajstić information content (AvgIpc) is 3.18. The fraction of sp³-hybridized carbons (Fsp3) is 0.500. The maximum Gasteiger partial charge on any atom is 0.416 e. The van der Waals surface area contributed by atoms with Gasteiger partial charge in [-0.1, -0.05) is 26.0 Å². The van der Waals surface area contributed by atoms with Crippen LogP contribution in [0.1, 0.15) is 49.2 Å². The Labute approximate surface area is 196 Å². The van der Waals surface area contributed by atoms with Crippen LogP contribution in [0.2, 0.25) is 0 Å². The van der Waals surface area contributed by atoms with Gasteiger partial charge in [-0.2, -0.15) is 13.2 Å². The molecule has 0 spiro atoms. The van der Waals surface area contributed by atoms with E-state index in [0.717, 1.165) is 25.1 Å². The zero-order chi connectivity index (χ0) is 24.9. The molecule has 0 radical (unpaired) electrons. The van der Waals surface area contributed by atoms with Crippen molar-refractivity contribution in [1.82, 2.24) is 16.0 Å². The van der Waals surface area contributed by atoms with Gasteiger partial charge < -0.3 is 25.5 Å².